The fourth-order valence-electron chi connectivity index (χ4n) is 3.27. The van der Waals surface area contributed by atoms with Crippen molar-refractivity contribution in [2.45, 2.75) is 25.7 Å². The lowest BCUT2D eigenvalue weighted by Crippen LogP contribution is -2.03. The van der Waals surface area contributed by atoms with Gasteiger partial charge in [0.15, 0.2) is 5.76 Å². The Morgan fingerprint density at radius 1 is 1.09 bits per heavy atom. The largest absolute Gasteiger partial charge is 0.450 e. The second-order valence-corrected chi connectivity index (χ2v) is 6.44. The van der Waals surface area contributed by atoms with Crippen molar-refractivity contribution in [2.24, 2.45) is 0 Å². The summed E-state index contributed by atoms with van der Waals surface area (Å²) in [5.41, 5.74) is 10.4. The number of rotatable bonds is 2. The van der Waals surface area contributed by atoms with E-state index in [9.17, 15) is 4.79 Å². The van der Waals surface area contributed by atoms with Crippen LogP contribution in [-0.2, 0) is 12.8 Å². The minimum Gasteiger partial charge on any atom is -0.450 e. The molecular formula is C19H16ClNO2. The van der Waals surface area contributed by atoms with Crippen LogP contribution in [0.15, 0.2) is 40.8 Å². The number of carbonyl (C=O) groups is 1. The third-order valence-corrected chi connectivity index (χ3v) is 4.72. The number of nitrogens with two attached hydrogens (primary N) is 1. The molecule has 1 aliphatic carbocycles. The van der Waals surface area contributed by atoms with Gasteiger partial charge in [0.1, 0.15) is 5.58 Å². The van der Waals surface area contributed by atoms with Gasteiger partial charge in [-0.15, -0.1) is 0 Å². The van der Waals surface area contributed by atoms with Crippen molar-refractivity contribution in [1.82, 2.24) is 0 Å². The molecule has 2 aromatic carbocycles. The maximum absolute atomic E-state index is 12.7. The zero-order valence-corrected chi connectivity index (χ0v) is 13.3. The van der Waals surface area contributed by atoms with Crippen molar-refractivity contribution in [3.8, 4) is 0 Å². The summed E-state index contributed by atoms with van der Waals surface area (Å²) in [5.74, 6) is -0.0382. The van der Waals surface area contributed by atoms with E-state index in [0.29, 0.717) is 21.9 Å². The Bertz CT molecular complexity index is 927. The van der Waals surface area contributed by atoms with E-state index in [0.717, 1.165) is 18.2 Å². The molecule has 0 unspecified atom stereocenters. The van der Waals surface area contributed by atoms with Crippen LogP contribution in [0.2, 0.25) is 5.02 Å². The average Bonchev–Trinajstić information content (AvgIpc) is 2.88. The molecule has 3 aromatic rings. The smallest absolute Gasteiger partial charge is 0.230 e. The van der Waals surface area contributed by atoms with Crippen LogP contribution in [0.25, 0.3) is 11.0 Å². The highest BCUT2D eigenvalue weighted by Gasteiger charge is 2.22. The Labute approximate surface area is 139 Å². The molecule has 0 radical (unpaired) electrons. The van der Waals surface area contributed by atoms with Crippen molar-refractivity contribution in [3.63, 3.8) is 0 Å². The van der Waals surface area contributed by atoms with Gasteiger partial charge in [0.05, 0.1) is 5.69 Å². The van der Waals surface area contributed by atoms with Gasteiger partial charge in [0.2, 0.25) is 5.78 Å². The minimum atomic E-state index is -0.237. The maximum atomic E-state index is 12.7. The van der Waals surface area contributed by atoms with Crippen molar-refractivity contribution in [2.75, 3.05) is 5.73 Å². The molecule has 1 aliphatic rings. The Morgan fingerprint density at radius 2 is 1.83 bits per heavy atom. The molecule has 4 rings (SSSR count). The molecule has 116 valence electrons. The standard InChI is InChI=1S/C19H16ClNO2/c20-14-7-3-6-13(8-14)18(22)19-17(21)15-9-11-4-1-2-5-12(11)10-16(15)23-19/h3,6-10H,1-2,4-5,21H2. The second-order valence-electron chi connectivity index (χ2n) is 6.01. The van der Waals surface area contributed by atoms with E-state index >= 15 is 0 Å². The predicted molar refractivity (Wildman–Crippen MR) is 92.2 cm³/mol. The van der Waals surface area contributed by atoms with Gasteiger partial charge in [-0.05, 0) is 61.1 Å². The molecule has 2 N–H and O–H groups in total. The average molecular weight is 326 g/mol. The topological polar surface area (TPSA) is 56.2 Å². The molecule has 4 heteroatoms. The highest BCUT2D eigenvalue weighted by atomic mass is 35.5. The van der Waals surface area contributed by atoms with Crippen LogP contribution in [0.1, 0.15) is 40.1 Å². The van der Waals surface area contributed by atoms with E-state index in [2.05, 4.69) is 6.07 Å². The SMILES string of the molecule is Nc1c(C(=O)c2cccc(Cl)c2)oc2cc3c(cc12)CCCC3. The van der Waals surface area contributed by atoms with E-state index in [-0.39, 0.29) is 11.5 Å². The van der Waals surface area contributed by atoms with Crippen molar-refractivity contribution in [3.05, 3.63) is 63.9 Å². The molecule has 0 aliphatic heterocycles. The van der Waals surface area contributed by atoms with Crippen LogP contribution >= 0.6 is 11.6 Å². The number of fused-ring (bicyclic) bond motifs is 2. The maximum Gasteiger partial charge on any atom is 0.230 e. The van der Waals surface area contributed by atoms with Crippen molar-refractivity contribution >= 4 is 34.0 Å². The molecule has 0 saturated heterocycles. The molecule has 0 spiro atoms. The molecule has 0 amide bonds. The first-order valence-electron chi connectivity index (χ1n) is 7.77. The van der Waals surface area contributed by atoms with E-state index < -0.39 is 0 Å². The summed E-state index contributed by atoms with van der Waals surface area (Å²) in [6, 6.07) is 10.9. The van der Waals surface area contributed by atoms with Crippen LogP contribution in [0.5, 0.6) is 0 Å². The number of furan rings is 1. The van der Waals surface area contributed by atoms with Crippen LogP contribution < -0.4 is 5.73 Å². The first-order valence-corrected chi connectivity index (χ1v) is 8.15. The molecule has 1 aromatic heterocycles. The Morgan fingerprint density at radius 3 is 2.57 bits per heavy atom. The van der Waals surface area contributed by atoms with Gasteiger partial charge in [-0.1, -0.05) is 23.7 Å². The number of halogens is 1. The number of hydrogen-bond acceptors (Lipinski definition) is 3. The van der Waals surface area contributed by atoms with E-state index in [1.807, 2.05) is 6.07 Å². The predicted octanol–water partition coefficient (Wildman–Crippen LogP) is 4.78. The Kier molecular flexibility index (Phi) is 3.38. The van der Waals surface area contributed by atoms with Gasteiger partial charge in [-0.3, -0.25) is 4.79 Å². The highest BCUT2D eigenvalue weighted by molar-refractivity contribution is 6.31. The van der Waals surface area contributed by atoms with Crippen LogP contribution in [0.3, 0.4) is 0 Å². The lowest BCUT2D eigenvalue weighted by atomic mass is 9.90. The summed E-state index contributed by atoms with van der Waals surface area (Å²) in [7, 11) is 0. The summed E-state index contributed by atoms with van der Waals surface area (Å²) in [6.45, 7) is 0. The molecular weight excluding hydrogens is 310 g/mol. The van der Waals surface area contributed by atoms with Crippen LogP contribution in [-0.4, -0.2) is 5.78 Å². The van der Waals surface area contributed by atoms with Gasteiger partial charge < -0.3 is 10.2 Å². The van der Waals surface area contributed by atoms with Crippen LogP contribution in [0, 0.1) is 0 Å². The molecule has 0 bridgehead atoms. The molecule has 0 fully saturated rings. The zero-order chi connectivity index (χ0) is 16.0. The van der Waals surface area contributed by atoms with Gasteiger partial charge in [0.25, 0.3) is 0 Å². The molecule has 23 heavy (non-hydrogen) atoms. The lowest BCUT2D eigenvalue weighted by molar-refractivity contribution is 0.101. The number of nitrogen functional groups attached to an aromatic ring is 1. The second kappa shape index (κ2) is 5.43. The monoisotopic (exact) mass is 325 g/mol. The molecule has 1 heterocycles. The Hall–Kier alpha value is -2.26. The first kappa shape index (κ1) is 14.3. The quantitative estimate of drug-likeness (QED) is 0.690. The number of aryl methyl sites for hydroxylation is 2. The summed E-state index contributed by atoms with van der Waals surface area (Å²) in [6.07, 6.45) is 4.52. The van der Waals surface area contributed by atoms with Gasteiger partial charge in [0, 0.05) is 16.0 Å². The third-order valence-electron chi connectivity index (χ3n) is 4.48. The van der Waals surface area contributed by atoms with Crippen LogP contribution in [0.4, 0.5) is 5.69 Å². The molecule has 3 nitrogen and oxygen atoms in total. The normalized spacial score (nSPS) is 14.0. The highest BCUT2D eigenvalue weighted by Crippen LogP contribution is 2.34. The van der Waals surface area contributed by atoms with E-state index in [1.54, 1.807) is 24.3 Å². The number of hydrogen-bond donors (Lipinski definition) is 1. The molecule has 0 atom stereocenters. The minimum absolute atomic E-state index is 0.199. The number of anilines is 1. The Balaban J connectivity index is 1.84. The number of carbonyl (C=O) groups excluding carboxylic acids is 1. The third kappa shape index (κ3) is 2.41. The van der Waals surface area contributed by atoms with Gasteiger partial charge >= 0.3 is 0 Å². The number of ketones is 1. The van der Waals surface area contributed by atoms with Gasteiger partial charge in [-0.25, -0.2) is 0 Å². The summed E-state index contributed by atoms with van der Waals surface area (Å²) < 4.78 is 5.80. The summed E-state index contributed by atoms with van der Waals surface area (Å²) in [4.78, 5) is 12.7. The summed E-state index contributed by atoms with van der Waals surface area (Å²) in [5, 5.41) is 1.34. The molecule has 0 saturated carbocycles. The summed E-state index contributed by atoms with van der Waals surface area (Å²) >= 11 is 5.97. The lowest BCUT2D eigenvalue weighted by Gasteiger charge is -2.14. The fourth-order valence-corrected chi connectivity index (χ4v) is 3.47. The number of benzene rings is 2. The van der Waals surface area contributed by atoms with E-state index in [4.69, 9.17) is 21.8 Å². The fraction of sp³-hybridized carbons (Fsp3) is 0.211. The van der Waals surface area contributed by atoms with E-state index in [1.165, 1.54) is 24.0 Å². The van der Waals surface area contributed by atoms with Crippen molar-refractivity contribution < 1.29 is 9.21 Å². The first-order chi connectivity index (χ1) is 11.1. The van der Waals surface area contributed by atoms with Gasteiger partial charge in [-0.2, -0.15) is 0 Å². The zero-order valence-electron chi connectivity index (χ0n) is 12.6. The van der Waals surface area contributed by atoms with Crippen molar-refractivity contribution in [1.29, 1.82) is 0 Å².